The van der Waals surface area contributed by atoms with Gasteiger partial charge in [-0.15, -0.1) is 0 Å². The molecule has 1 atom stereocenters. The third-order valence-electron chi connectivity index (χ3n) is 4.98. The van der Waals surface area contributed by atoms with Gasteiger partial charge in [-0.25, -0.2) is 0 Å². The van der Waals surface area contributed by atoms with Crippen LogP contribution in [0.3, 0.4) is 0 Å². The minimum atomic E-state index is 0.564. The van der Waals surface area contributed by atoms with Gasteiger partial charge in [0.05, 0.1) is 0 Å². The molecule has 1 heteroatoms. The highest BCUT2D eigenvalue weighted by atomic mass is 14.9. The van der Waals surface area contributed by atoms with Crippen LogP contribution in [0.5, 0.6) is 0 Å². The van der Waals surface area contributed by atoms with Gasteiger partial charge in [-0.3, -0.25) is 0 Å². The molecule has 0 radical (unpaired) electrons. The molecule has 118 valence electrons. The summed E-state index contributed by atoms with van der Waals surface area (Å²) in [5, 5.41) is 3.84. The topological polar surface area (TPSA) is 12.0 Å². The van der Waals surface area contributed by atoms with Gasteiger partial charge in [0.15, 0.2) is 0 Å². The molecule has 0 bridgehead atoms. The average Bonchev–Trinajstić information content (AvgIpc) is 2.49. The van der Waals surface area contributed by atoms with E-state index in [-0.39, 0.29) is 0 Å². The lowest BCUT2D eigenvalue weighted by molar-refractivity contribution is 0.288. The lowest BCUT2D eigenvalue weighted by Crippen LogP contribution is -2.29. The van der Waals surface area contributed by atoms with Gasteiger partial charge in [0, 0.05) is 6.04 Å². The van der Waals surface area contributed by atoms with Gasteiger partial charge in [-0.05, 0) is 49.3 Å². The van der Waals surface area contributed by atoms with E-state index in [2.05, 4.69) is 43.4 Å². The van der Waals surface area contributed by atoms with Crippen molar-refractivity contribution in [2.24, 2.45) is 5.92 Å². The molecule has 1 fully saturated rings. The molecule has 0 aromatic heterocycles. The molecule has 0 aliphatic heterocycles. The Morgan fingerprint density at radius 1 is 0.952 bits per heavy atom. The first-order valence-corrected chi connectivity index (χ1v) is 9.17. The summed E-state index contributed by atoms with van der Waals surface area (Å²) in [6, 6.07) is 9.93. The summed E-state index contributed by atoms with van der Waals surface area (Å²) in [5.41, 5.74) is 2.96. The van der Waals surface area contributed by atoms with Crippen LogP contribution in [-0.2, 0) is 6.42 Å². The zero-order valence-electron chi connectivity index (χ0n) is 14.0. The predicted octanol–water partition coefficient (Wildman–Crippen LogP) is 5.65. The zero-order valence-corrected chi connectivity index (χ0v) is 14.0. The summed E-state index contributed by atoms with van der Waals surface area (Å²) in [7, 11) is 0. The van der Waals surface area contributed by atoms with Crippen LogP contribution in [-0.4, -0.2) is 6.54 Å². The van der Waals surface area contributed by atoms with Gasteiger partial charge in [-0.2, -0.15) is 0 Å². The highest BCUT2D eigenvalue weighted by Crippen LogP contribution is 2.33. The van der Waals surface area contributed by atoms with Crippen molar-refractivity contribution in [1.29, 1.82) is 0 Å². The summed E-state index contributed by atoms with van der Waals surface area (Å²) < 4.78 is 0. The number of nitrogens with one attached hydrogen (secondary N) is 1. The first kappa shape index (κ1) is 16.5. The van der Waals surface area contributed by atoms with Crippen LogP contribution in [0.4, 0.5) is 0 Å². The van der Waals surface area contributed by atoms with E-state index in [4.69, 9.17) is 0 Å². The minimum Gasteiger partial charge on any atom is -0.310 e. The minimum absolute atomic E-state index is 0.564. The Morgan fingerprint density at radius 2 is 1.57 bits per heavy atom. The van der Waals surface area contributed by atoms with E-state index in [1.807, 2.05) is 0 Å². The lowest BCUT2D eigenvalue weighted by atomic mass is 9.82. The van der Waals surface area contributed by atoms with Gasteiger partial charge in [0.1, 0.15) is 0 Å². The number of rotatable bonds is 6. The highest BCUT2D eigenvalue weighted by Gasteiger charge is 2.23. The van der Waals surface area contributed by atoms with E-state index in [0.717, 1.165) is 18.9 Å². The maximum Gasteiger partial charge on any atom is 0.0348 e. The molecule has 2 rings (SSSR count). The molecule has 0 heterocycles. The summed E-state index contributed by atoms with van der Waals surface area (Å²) >= 11 is 0. The van der Waals surface area contributed by atoms with Gasteiger partial charge < -0.3 is 5.32 Å². The van der Waals surface area contributed by atoms with E-state index in [1.54, 1.807) is 0 Å². The number of hydrogen-bond acceptors (Lipinski definition) is 1. The van der Waals surface area contributed by atoms with Crippen LogP contribution in [0.2, 0.25) is 0 Å². The molecule has 0 spiro atoms. The third kappa shape index (κ3) is 5.14. The molecule has 1 saturated carbocycles. The monoisotopic (exact) mass is 287 g/mol. The summed E-state index contributed by atoms with van der Waals surface area (Å²) in [5.74, 6) is 0.823. The van der Waals surface area contributed by atoms with E-state index in [1.165, 1.54) is 62.5 Å². The predicted molar refractivity (Wildman–Crippen MR) is 92.7 cm³/mol. The fourth-order valence-corrected chi connectivity index (χ4v) is 3.64. The Hall–Kier alpha value is -0.820. The Morgan fingerprint density at radius 3 is 2.14 bits per heavy atom. The van der Waals surface area contributed by atoms with E-state index >= 15 is 0 Å². The number of hydrogen-bond donors (Lipinski definition) is 1. The van der Waals surface area contributed by atoms with Crippen molar-refractivity contribution in [3.8, 4) is 0 Å². The third-order valence-corrected chi connectivity index (χ3v) is 4.98. The molecule has 1 N–H and O–H groups in total. The second-order valence-electron chi connectivity index (χ2n) is 6.63. The molecule has 1 aliphatic carbocycles. The lowest BCUT2D eigenvalue weighted by Gasteiger charge is -2.30. The summed E-state index contributed by atoms with van der Waals surface area (Å²) in [6.07, 6.45) is 12.3. The van der Waals surface area contributed by atoms with Crippen LogP contribution in [0.25, 0.3) is 0 Å². The zero-order chi connectivity index (χ0) is 14.9. The maximum absolute atomic E-state index is 3.84. The first-order chi connectivity index (χ1) is 10.3. The van der Waals surface area contributed by atoms with Gasteiger partial charge in [0.25, 0.3) is 0 Å². The van der Waals surface area contributed by atoms with Crippen molar-refractivity contribution in [2.45, 2.75) is 77.7 Å². The SMILES string of the molecule is CCCNC(c1ccc(CC)cc1)C1CCCCCCC1. The van der Waals surface area contributed by atoms with E-state index < -0.39 is 0 Å². The van der Waals surface area contributed by atoms with E-state index in [0.29, 0.717) is 6.04 Å². The molecule has 1 unspecified atom stereocenters. The van der Waals surface area contributed by atoms with Crippen LogP contribution in [0.15, 0.2) is 24.3 Å². The number of benzene rings is 1. The summed E-state index contributed by atoms with van der Waals surface area (Å²) in [6.45, 7) is 5.63. The molecule has 0 saturated heterocycles. The Bertz CT molecular complexity index is 373. The molecular formula is C20H33N. The average molecular weight is 287 g/mol. The highest BCUT2D eigenvalue weighted by molar-refractivity contribution is 5.25. The summed E-state index contributed by atoms with van der Waals surface area (Å²) in [4.78, 5) is 0. The van der Waals surface area contributed by atoms with Gasteiger partial charge in [0.2, 0.25) is 0 Å². The molecule has 1 aliphatic rings. The molecular weight excluding hydrogens is 254 g/mol. The van der Waals surface area contributed by atoms with Crippen LogP contribution < -0.4 is 5.32 Å². The normalized spacial score (nSPS) is 19.0. The standard InChI is InChI=1S/C20H33N/c1-3-16-21-20(18-10-8-6-5-7-9-11-18)19-14-12-17(4-2)13-15-19/h12-15,18,20-21H,3-11,16H2,1-2H3. The van der Waals surface area contributed by atoms with Crippen LogP contribution in [0.1, 0.15) is 82.4 Å². The second-order valence-corrected chi connectivity index (χ2v) is 6.63. The van der Waals surface area contributed by atoms with Gasteiger partial charge in [-0.1, -0.05) is 70.2 Å². The molecule has 1 aromatic rings. The second kappa shape index (κ2) is 9.25. The largest absolute Gasteiger partial charge is 0.310 e. The van der Waals surface area contributed by atoms with Crippen molar-refractivity contribution in [3.63, 3.8) is 0 Å². The van der Waals surface area contributed by atoms with Crippen molar-refractivity contribution in [1.82, 2.24) is 5.32 Å². The first-order valence-electron chi connectivity index (χ1n) is 9.17. The van der Waals surface area contributed by atoms with Crippen molar-refractivity contribution in [3.05, 3.63) is 35.4 Å². The Balaban J connectivity index is 2.10. The van der Waals surface area contributed by atoms with Crippen molar-refractivity contribution in [2.75, 3.05) is 6.54 Å². The maximum atomic E-state index is 3.84. The fourth-order valence-electron chi connectivity index (χ4n) is 3.64. The van der Waals surface area contributed by atoms with Crippen molar-refractivity contribution < 1.29 is 0 Å². The Kier molecular flexibility index (Phi) is 7.29. The fraction of sp³-hybridized carbons (Fsp3) is 0.700. The Labute approximate surface area is 131 Å². The quantitative estimate of drug-likeness (QED) is 0.713. The van der Waals surface area contributed by atoms with Crippen molar-refractivity contribution >= 4 is 0 Å². The van der Waals surface area contributed by atoms with E-state index in [9.17, 15) is 0 Å². The smallest absolute Gasteiger partial charge is 0.0348 e. The van der Waals surface area contributed by atoms with Crippen LogP contribution >= 0.6 is 0 Å². The van der Waals surface area contributed by atoms with Gasteiger partial charge >= 0.3 is 0 Å². The molecule has 1 aromatic carbocycles. The molecule has 0 amide bonds. The molecule has 1 nitrogen and oxygen atoms in total. The number of aryl methyl sites for hydroxylation is 1. The van der Waals surface area contributed by atoms with Crippen LogP contribution in [0, 0.1) is 5.92 Å². The molecule has 21 heavy (non-hydrogen) atoms.